The Morgan fingerprint density at radius 3 is 2.62 bits per heavy atom. The van der Waals surface area contributed by atoms with Gasteiger partial charge in [0.25, 0.3) is 5.91 Å². The minimum absolute atomic E-state index is 0.0909. The fourth-order valence-corrected chi connectivity index (χ4v) is 2.98. The van der Waals surface area contributed by atoms with Crippen molar-refractivity contribution in [1.29, 1.82) is 0 Å². The van der Waals surface area contributed by atoms with Crippen LogP contribution in [0.2, 0.25) is 10.0 Å². The normalized spacial score (nSPS) is 11.9. The Labute approximate surface area is 163 Å². The standard InChI is InChI=1S/C19H22Cl2N2O3/c1-23(2)17(13-5-4-6-15(9-13)25-3)11-22-19(24)12-26-18-8-7-14(20)10-16(18)21/h4-10,17H,11-12H2,1-3H3,(H,22,24)/p+1/t17-/m1/s1. The maximum atomic E-state index is 12.1. The lowest BCUT2D eigenvalue weighted by atomic mass is 10.1. The van der Waals surface area contributed by atoms with Gasteiger partial charge in [0, 0.05) is 10.6 Å². The van der Waals surface area contributed by atoms with Crippen LogP contribution in [-0.2, 0) is 4.79 Å². The first-order valence-corrected chi connectivity index (χ1v) is 8.95. The van der Waals surface area contributed by atoms with Gasteiger partial charge in [-0.1, -0.05) is 35.3 Å². The molecule has 0 radical (unpaired) electrons. The van der Waals surface area contributed by atoms with Crippen LogP contribution < -0.4 is 19.7 Å². The molecule has 2 rings (SSSR count). The lowest BCUT2D eigenvalue weighted by Gasteiger charge is -2.22. The molecule has 0 aliphatic heterocycles. The van der Waals surface area contributed by atoms with Crippen molar-refractivity contribution < 1.29 is 19.2 Å². The number of halogens is 2. The maximum Gasteiger partial charge on any atom is 0.258 e. The van der Waals surface area contributed by atoms with Gasteiger partial charge in [-0.05, 0) is 30.3 Å². The second-order valence-corrected chi connectivity index (χ2v) is 6.92. The van der Waals surface area contributed by atoms with Crippen LogP contribution in [0.1, 0.15) is 11.6 Å². The van der Waals surface area contributed by atoms with Crippen LogP contribution >= 0.6 is 23.2 Å². The SMILES string of the molecule is COc1cccc([C@@H](CNC(=O)COc2ccc(Cl)cc2Cl)[NH+](C)C)c1. The molecule has 26 heavy (non-hydrogen) atoms. The zero-order valence-corrected chi connectivity index (χ0v) is 16.5. The third-order valence-electron chi connectivity index (χ3n) is 3.95. The molecule has 0 fully saturated rings. The summed E-state index contributed by atoms with van der Waals surface area (Å²) in [6.07, 6.45) is 0. The Balaban J connectivity index is 1.92. The summed E-state index contributed by atoms with van der Waals surface area (Å²) in [6, 6.07) is 12.8. The molecule has 2 aromatic rings. The highest BCUT2D eigenvalue weighted by molar-refractivity contribution is 6.35. The molecule has 2 N–H and O–H groups in total. The summed E-state index contributed by atoms with van der Waals surface area (Å²) >= 11 is 11.9. The van der Waals surface area contributed by atoms with Crippen molar-refractivity contribution in [1.82, 2.24) is 5.32 Å². The van der Waals surface area contributed by atoms with Gasteiger partial charge < -0.3 is 19.7 Å². The van der Waals surface area contributed by atoms with E-state index in [2.05, 4.69) is 5.32 Å². The van der Waals surface area contributed by atoms with Crippen molar-refractivity contribution >= 4 is 29.1 Å². The molecule has 0 unspecified atom stereocenters. The van der Waals surface area contributed by atoms with Crippen molar-refractivity contribution in [2.45, 2.75) is 6.04 Å². The van der Waals surface area contributed by atoms with Crippen LogP contribution in [0.4, 0.5) is 0 Å². The van der Waals surface area contributed by atoms with E-state index < -0.39 is 0 Å². The number of quaternary nitrogens is 1. The lowest BCUT2D eigenvalue weighted by molar-refractivity contribution is -0.890. The molecular formula is C19H23Cl2N2O3+. The van der Waals surface area contributed by atoms with Gasteiger partial charge in [-0.15, -0.1) is 0 Å². The Kier molecular flexibility index (Phi) is 7.57. The molecule has 0 spiro atoms. The van der Waals surface area contributed by atoms with E-state index in [1.165, 1.54) is 4.90 Å². The maximum absolute atomic E-state index is 12.1. The molecule has 1 atom stereocenters. The van der Waals surface area contributed by atoms with E-state index in [1.807, 2.05) is 38.4 Å². The summed E-state index contributed by atoms with van der Waals surface area (Å²) in [6.45, 7) is 0.362. The Bertz CT molecular complexity index is 753. The number of hydrogen-bond donors (Lipinski definition) is 2. The number of carbonyl (C=O) groups is 1. The number of rotatable bonds is 8. The van der Waals surface area contributed by atoms with E-state index in [0.717, 1.165) is 11.3 Å². The molecule has 0 aliphatic carbocycles. The predicted octanol–water partition coefficient (Wildman–Crippen LogP) is 2.38. The molecule has 7 heteroatoms. The molecule has 0 bridgehead atoms. The first kappa shape index (κ1) is 20.4. The van der Waals surface area contributed by atoms with Gasteiger partial charge in [-0.2, -0.15) is 0 Å². The van der Waals surface area contributed by atoms with Gasteiger partial charge in [0.1, 0.15) is 17.5 Å². The average Bonchev–Trinajstić information content (AvgIpc) is 2.61. The van der Waals surface area contributed by atoms with Crippen molar-refractivity contribution in [3.63, 3.8) is 0 Å². The summed E-state index contributed by atoms with van der Waals surface area (Å²) in [5.74, 6) is 1.000. The first-order chi connectivity index (χ1) is 12.4. The summed E-state index contributed by atoms with van der Waals surface area (Å²) in [5.41, 5.74) is 1.09. The van der Waals surface area contributed by atoms with Crippen LogP contribution in [0.3, 0.4) is 0 Å². The van der Waals surface area contributed by atoms with E-state index in [9.17, 15) is 4.79 Å². The Morgan fingerprint density at radius 1 is 1.19 bits per heavy atom. The molecule has 5 nitrogen and oxygen atoms in total. The van der Waals surface area contributed by atoms with Gasteiger partial charge in [-0.25, -0.2) is 0 Å². The van der Waals surface area contributed by atoms with Crippen LogP contribution in [0.5, 0.6) is 11.5 Å². The quantitative estimate of drug-likeness (QED) is 0.718. The average molecular weight is 398 g/mol. The second-order valence-electron chi connectivity index (χ2n) is 6.07. The summed E-state index contributed by atoms with van der Waals surface area (Å²) < 4.78 is 10.7. The van der Waals surface area contributed by atoms with Gasteiger partial charge in [0.05, 0.1) is 32.8 Å². The van der Waals surface area contributed by atoms with E-state index in [4.69, 9.17) is 32.7 Å². The second kappa shape index (κ2) is 9.67. The van der Waals surface area contributed by atoms with Crippen molar-refractivity contribution in [2.75, 3.05) is 34.4 Å². The highest BCUT2D eigenvalue weighted by Crippen LogP contribution is 2.27. The highest BCUT2D eigenvalue weighted by Gasteiger charge is 2.19. The van der Waals surface area contributed by atoms with Gasteiger partial charge >= 0.3 is 0 Å². The van der Waals surface area contributed by atoms with Gasteiger partial charge in [0.15, 0.2) is 6.61 Å². The number of ether oxygens (including phenoxy) is 2. The van der Waals surface area contributed by atoms with Crippen LogP contribution in [0.15, 0.2) is 42.5 Å². The molecule has 0 saturated heterocycles. The van der Waals surface area contributed by atoms with Crippen LogP contribution in [0, 0.1) is 0 Å². The predicted molar refractivity (Wildman–Crippen MR) is 104 cm³/mol. The number of hydrogen-bond acceptors (Lipinski definition) is 3. The van der Waals surface area contributed by atoms with Crippen molar-refractivity contribution in [2.24, 2.45) is 0 Å². The van der Waals surface area contributed by atoms with Gasteiger partial charge in [-0.3, -0.25) is 4.79 Å². The number of benzene rings is 2. The van der Waals surface area contributed by atoms with Crippen molar-refractivity contribution in [3.8, 4) is 11.5 Å². The number of carbonyl (C=O) groups excluding carboxylic acids is 1. The molecule has 0 saturated carbocycles. The number of amides is 1. The Morgan fingerprint density at radius 2 is 1.96 bits per heavy atom. The minimum Gasteiger partial charge on any atom is -0.497 e. The molecule has 0 aliphatic rings. The van der Waals surface area contributed by atoms with Gasteiger partial charge in [0.2, 0.25) is 0 Å². The summed E-state index contributed by atoms with van der Waals surface area (Å²) in [7, 11) is 5.72. The number of methoxy groups -OCH3 is 1. The zero-order valence-electron chi connectivity index (χ0n) is 15.0. The first-order valence-electron chi connectivity index (χ1n) is 8.19. The van der Waals surface area contributed by atoms with E-state index in [-0.39, 0.29) is 18.6 Å². The molecule has 140 valence electrons. The monoisotopic (exact) mass is 397 g/mol. The summed E-state index contributed by atoms with van der Waals surface area (Å²) in [5, 5.41) is 3.79. The van der Waals surface area contributed by atoms with Crippen LogP contribution in [-0.4, -0.2) is 40.3 Å². The smallest absolute Gasteiger partial charge is 0.258 e. The number of likely N-dealkylation sites (N-methyl/N-ethyl adjacent to an activating group) is 1. The lowest BCUT2D eigenvalue weighted by Crippen LogP contribution is -3.07. The van der Waals surface area contributed by atoms with E-state index in [1.54, 1.807) is 25.3 Å². The molecule has 0 aromatic heterocycles. The Hall–Kier alpha value is -1.95. The topological polar surface area (TPSA) is 52.0 Å². The van der Waals surface area contributed by atoms with E-state index >= 15 is 0 Å². The molecule has 2 aromatic carbocycles. The van der Waals surface area contributed by atoms with Crippen molar-refractivity contribution in [3.05, 3.63) is 58.1 Å². The zero-order chi connectivity index (χ0) is 19.1. The van der Waals surface area contributed by atoms with E-state index in [0.29, 0.717) is 22.3 Å². The highest BCUT2D eigenvalue weighted by atomic mass is 35.5. The third-order valence-corrected chi connectivity index (χ3v) is 4.48. The minimum atomic E-state index is -0.217. The fraction of sp³-hybridized carbons (Fsp3) is 0.316. The largest absolute Gasteiger partial charge is 0.497 e. The fourth-order valence-electron chi connectivity index (χ4n) is 2.52. The summed E-state index contributed by atoms with van der Waals surface area (Å²) in [4.78, 5) is 13.3. The third kappa shape index (κ3) is 5.80. The molecule has 1 amide bonds. The molecule has 0 heterocycles. The molecular weight excluding hydrogens is 375 g/mol. The number of nitrogens with one attached hydrogen (secondary N) is 2. The van der Waals surface area contributed by atoms with Crippen LogP contribution in [0.25, 0.3) is 0 Å².